The van der Waals surface area contributed by atoms with Crippen molar-refractivity contribution in [3.63, 3.8) is 0 Å². The fourth-order valence-corrected chi connectivity index (χ4v) is 2.13. The summed E-state index contributed by atoms with van der Waals surface area (Å²) in [5.74, 6) is -0.778. The van der Waals surface area contributed by atoms with Gasteiger partial charge < -0.3 is 4.52 Å². The lowest BCUT2D eigenvalue weighted by Gasteiger charge is -2.19. The van der Waals surface area contributed by atoms with Gasteiger partial charge in [-0.15, -0.1) is 0 Å². The van der Waals surface area contributed by atoms with Crippen LogP contribution in [-0.4, -0.2) is 18.7 Å². The fourth-order valence-electron chi connectivity index (χ4n) is 0.711. The van der Waals surface area contributed by atoms with Crippen LogP contribution < -0.4 is 0 Å². The first-order valence-electron chi connectivity index (χ1n) is 5.17. The van der Waals surface area contributed by atoms with Crippen molar-refractivity contribution in [1.29, 1.82) is 0 Å². The van der Waals surface area contributed by atoms with Gasteiger partial charge in [0.25, 0.3) is 0 Å². The Morgan fingerprint density at radius 2 is 2.00 bits per heavy atom. The van der Waals surface area contributed by atoms with Crippen molar-refractivity contribution in [2.75, 3.05) is 6.61 Å². The molecule has 0 heterocycles. The Morgan fingerprint density at radius 3 is 2.38 bits per heavy atom. The summed E-state index contributed by atoms with van der Waals surface area (Å²) in [7, 11) is -3.81. The minimum absolute atomic E-state index is 0.136. The molecule has 0 saturated heterocycles. The van der Waals surface area contributed by atoms with Gasteiger partial charge in [0, 0.05) is 5.57 Å². The minimum atomic E-state index is -3.81. The maximum Gasteiger partial charge on any atom is 0.532 e. The van der Waals surface area contributed by atoms with E-state index >= 15 is 0 Å². The molecule has 0 amide bonds. The molecule has 0 aliphatic heterocycles. The monoisotopic (exact) mass is 250 g/mol. The van der Waals surface area contributed by atoms with Crippen LogP contribution in [0.3, 0.4) is 0 Å². The predicted molar refractivity (Wildman–Crippen MR) is 61.0 cm³/mol. The van der Waals surface area contributed by atoms with Crippen LogP contribution in [-0.2, 0) is 22.9 Å². The van der Waals surface area contributed by atoms with Crippen LogP contribution in [0.1, 0.15) is 34.1 Å². The maximum absolute atomic E-state index is 12.0. The summed E-state index contributed by atoms with van der Waals surface area (Å²) in [5, 5.41) is 0. The third-order valence-corrected chi connectivity index (χ3v) is 3.30. The minimum Gasteiger partial charge on any atom is -0.367 e. The molecule has 0 rings (SSSR count). The van der Waals surface area contributed by atoms with Crippen LogP contribution in [0.2, 0.25) is 0 Å². The van der Waals surface area contributed by atoms with E-state index in [0.29, 0.717) is 6.42 Å². The van der Waals surface area contributed by atoms with Crippen molar-refractivity contribution in [2.45, 2.75) is 40.2 Å². The lowest BCUT2D eigenvalue weighted by molar-refractivity contribution is -0.132. The average Bonchev–Trinajstić information content (AvgIpc) is 2.17. The van der Waals surface area contributed by atoms with Crippen molar-refractivity contribution in [2.24, 2.45) is 0 Å². The average molecular weight is 250 g/mol. The number of hydrogen-bond acceptors (Lipinski definition) is 5. The molecule has 0 aromatic rings. The highest BCUT2D eigenvalue weighted by atomic mass is 31.2. The summed E-state index contributed by atoms with van der Waals surface area (Å²) in [4.78, 5) is 11.2. The second-order valence-electron chi connectivity index (χ2n) is 3.35. The molecule has 0 fully saturated rings. The highest BCUT2D eigenvalue weighted by molar-refractivity contribution is 7.49. The summed E-state index contributed by atoms with van der Waals surface area (Å²) in [5.41, 5.74) is 0.146. The molecular weight excluding hydrogens is 231 g/mol. The summed E-state index contributed by atoms with van der Waals surface area (Å²) in [6.45, 7) is 10.2. The van der Waals surface area contributed by atoms with Gasteiger partial charge in [-0.25, -0.2) is 9.36 Å². The van der Waals surface area contributed by atoms with Gasteiger partial charge in [0.2, 0.25) is 0 Å². The Hall–Kier alpha value is -0.640. The SMILES string of the molecule is C=C(C)C(=O)OP(=O)(OCC)OC(C)CC. The molecule has 2 atom stereocenters. The lowest BCUT2D eigenvalue weighted by atomic mass is 10.3. The number of phosphoric acid groups is 1. The Labute approximate surface area is 96.4 Å². The van der Waals surface area contributed by atoms with E-state index in [9.17, 15) is 9.36 Å². The molecule has 0 spiro atoms. The molecule has 0 saturated carbocycles. The highest BCUT2D eigenvalue weighted by Crippen LogP contribution is 2.51. The number of phosphoric ester groups is 1. The van der Waals surface area contributed by atoms with Gasteiger partial charge >= 0.3 is 13.8 Å². The van der Waals surface area contributed by atoms with Crippen molar-refractivity contribution in [1.82, 2.24) is 0 Å². The lowest BCUT2D eigenvalue weighted by Crippen LogP contribution is -2.12. The third-order valence-electron chi connectivity index (χ3n) is 1.71. The number of hydrogen-bond donors (Lipinski definition) is 0. The predicted octanol–water partition coefficient (Wildman–Crippen LogP) is 3.07. The molecule has 5 nitrogen and oxygen atoms in total. The molecule has 6 heteroatoms. The first kappa shape index (κ1) is 15.4. The van der Waals surface area contributed by atoms with E-state index in [1.807, 2.05) is 6.92 Å². The summed E-state index contributed by atoms with van der Waals surface area (Å²) < 4.78 is 26.6. The number of carbonyl (C=O) groups is 1. The largest absolute Gasteiger partial charge is 0.532 e. The van der Waals surface area contributed by atoms with Crippen LogP contribution in [0.4, 0.5) is 0 Å². The molecule has 0 aliphatic rings. The van der Waals surface area contributed by atoms with Crippen LogP contribution in [0, 0.1) is 0 Å². The molecule has 94 valence electrons. The van der Waals surface area contributed by atoms with Crippen LogP contribution in [0.15, 0.2) is 12.2 Å². The van der Waals surface area contributed by atoms with E-state index in [0.717, 1.165) is 0 Å². The maximum atomic E-state index is 12.0. The van der Waals surface area contributed by atoms with Crippen LogP contribution in [0.25, 0.3) is 0 Å². The Bertz CT molecular complexity index is 300. The molecule has 0 radical (unpaired) electrons. The number of rotatable bonds is 7. The fraction of sp³-hybridized carbons (Fsp3) is 0.700. The van der Waals surface area contributed by atoms with E-state index in [1.165, 1.54) is 6.92 Å². The Balaban J connectivity index is 4.62. The van der Waals surface area contributed by atoms with Gasteiger partial charge in [0.15, 0.2) is 0 Å². The molecule has 16 heavy (non-hydrogen) atoms. The summed E-state index contributed by atoms with van der Waals surface area (Å²) in [6.07, 6.45) is 0.331. The van der Waals surface area contributed by atoms with Crippen molar-refractivity contribution in [3.05, 3.63) is 12.2 Å². The van der Waals surface area contributed by atoms with Gasteiger partial charge in [0.1, 0.15) is 0 Å². The molecule has 0 aromatic heterocycles. The summed E-state index contributed by atoms with van der Waals surface area (Å²) >= 11 is 0. The quantitative estimate of drug-likeness (QED) is 0.513. The molecule has 0 aromatic carbocycles. The second kappa shape index (κ2) is 6.84. The topological polar surface area (TPSA) is 61.8 Å². The van der Waals surface area contributed by atoms with Gasteiger partial charge in [-0.05, 0) is 27.2 Å². The standard InChI is InChI=1S/C10H19O5P/c1-6-9(5)14-16(12,13-7-2)15-10(11)8(3)4/h9H,3,6-7H2,1-2,4-5H3. The van der Waals surface area contributed by atoms with E-state index < -0.39 is 13.8 Å². The third kappa shape index (κ3) is 5.45. The van der Waals surface area contributed by atoms with E-state index in [2.05, 4.69) is 11.1 Å². The normalized spacial score (nSPS) is 16.2. The second-order valence-corrected chi connectivity index (χ2v) is 4.89. The van der Waals surface area contributed by atoms with Gasteiger partial charge in [0.05, 0.1) is 12.7 Å². The van der Waals surface area contributed by atoms with Crippen molar-refractivity contribution < 1.29 is 22.9 Å². The molecule has 0 N–H and O–H groups in total. The van der Waals surface area contributed by atoms with Gasteiger partial charge in [-0.3, -0.25) is 9.05 Å². The van der Waals surface area contributed by atoms with Gasteiger partial charge in [-0.2, -0.15) is 0 Å². The first-order chi connectivity index (χ1) is 7.34. The zero-order valence-electron chi connectivity index (χ0n) is 10.2. The molecular formula is C10H19O5P. The highest BCUT2D eigenvalue weighted by Gasteiger charge is 2.32. The smallest absolute Gasteiger partial charge is 0.367 e. The van der Waals surface area contributed by atoms with Crippen LogP contribution >= 0.6 is 7.82 Å². The molecule has 2 unspecified atom stereocenters. The van der Waals surface area contributed by atoms with E-state index in [4.69, 9.17) is 9.05 Å². The Morgan fingerprint density at radius 1 is 1.44 bits per heavy atom. The van der Waals surface area contributed by atoms with Crippen molar-refractivity contribution in [3.8, 4) is 0 Å². The van der Waals surface area contributed by atoms with E-state index in [-0.39, 0.29) is 18.3 Å². The zero-order valence-corrected chi connectivity index (χ0v) is 11.1. The number of carbonyl (C=O) groups excluding carboxylic acids is 1. The first-order valence-corrected chi connectivity index (χ1v) is 6.63. The molecule has 0 aliphatic carbocycles. The zero-order chi connectivity index (χ0) is 12.8. The van der Waals surface area contributed by atoms with Crippen LogP contribution in [0.5, 0.6) is 0 Å². The molecule has 0 bridgehead atoms. The van der Waals surface area contributed by atoms with Gasteiger partial charge in [-0.1, -0.05) is 13.5 Å². The van der Waals surface area contributed by atoms with E-state index in [1.54, 1.807) is 13.8 Å². The summed E-state index contributed by atoms with van der Waals surface area (Å²) in [6, 6.07) is 0. The van der Waals surface area contributed by atoms with Crippen molar-refractivity contribution >= 4 is 13.8 Å². The Kier molecular flexibility index (Phi) is 6.56.